The third kappa shape index (κ3) is 3.83. The summed E-state index contributed by atoms with van der Waals surface area (Å²) in [6.45, 7) is 11.7. The number of ether oxygens (including phenoxy) is 2. The molecule has 1 aromatic rings. The van der Waals surface area contributed by atoms with Gasteiger partial charge < -0.3 is 9.47 Å². The zero-order valence-corrected chi connectivity index (χ0v) is 13.5. The summed E-state index contributed by atoms with van der Waals surface area (Å²) in [6, 6.07) is 6.64. The van der Waals surface area contributed by atoms with Gasteiger partial charge in [-0.3, -0.25) is 0 Å². The highest BCUT2D eigenvalue weighted by atomic mass is 16.7. The Bertz CT molecular complexity index is 441. The number of hydrogen-bond donors (Lipinski definition) is 0. The Labute approximate surface area is 123 Å². The van der Waals surface area contributed by atoms with Crippen LogP contribution in [0.2, 0.25) is 0 Å². The van der Waals surface area contributed by atoms with Gasteiger partial charge in [-0.15, -0.1) is 0 Å². The molecule has 1 aliphatic heterocycles. The Kier molecular flexibility index (Phi) is 5.22. The highest BCUT2D eigenvalue weighted by Crippen LogP contribution is 2.30. The van der Waals surface area contributed by atoms with Crippen molar-refractivity contribution in [3.8, 4) is 0 Å². The van der Waals surface area contributed by atoms with Crippen LogP contribution in [0.5, 0.6) is 0 Å². The van der Waals surface area contributed by atoms with Crippen molar-refractivity contribution in [3.63, 3.8) is 0 Å². The molecule has 112 valence electrons. The van der Waals surface area contributed by atoms with Crippen molar-refractivity contribution >= 4 is 0 Å². The summed E-state index contributed by atoms with van der Waals surface area (Å²) in [4.78, 5) is 0. The molecule has 1 aromatic carbocycles. The molecule has 0 aliphatic carbocycles. The van der Waals surface area contributed by atoms with E-state index in [1.165, 1.54) is 16.7 Å². The molecule has 1 heterocycles. The smallest absolute Gasteiger partial charge is 0.160 e. The van der Waals surface area contributed by atoms with E-state index in [-0.39, 0.29) is 6.29 Å². The van der Waals surface area contributed by atoms with Crippen molar-refractivity contribution in [2.24, 2.45) is 11.8 Å². The van der Waals surface area contributed by atoms with Crippen molar-refractivity contribution in [2.75, 3.05) is 6.61 Å². The van der Waals surface area contributed by atoms with Crippen molar-refractivity contribution in [1.82, 2.24) is 0 Å². The van der Waals surface area contributed by atoms with Gasteiger partial charge in [-0.1, -0.05) is 32.0 Å². The van der Waals surface area contributed by atoms with Gasteiger partial charge >= 0.3 is 0 Å². The van der Waals surface area contributed by atoms with Crippen molar-refractivity contribution in [1.29, 1.82) is 0 Å². The van der Waals surface area contributed by atoms with Crippen molar-refractivity contribution in [2.45, 2.75) is 59.9 Å². The SMILES string of the molecule is Cc1ccc(CCOC2OC(C)CC(C)[C@H]2C)cc1C. The third-order valence-corrected chi connectivity index (χ3v) is 4.64. The maximum Gasteiger partial charge on any atom is 0.160 e. The van der Waals surface area contributed by atoms with Crippen LogP contribution in [0, 0.1) is 25.7 Å². The average molecular weight is 276 g/mol. The highest BCUT2D eigenvalue weighted by Gasteiger charge is 2.32. The minimum absolute atomic E-state index is 0.0414. The summed E-state index contributed by atoms with van der Waals surface area (Å²) in [7, 11) is 0. The molecule has 1 saturated heterocycles. The van der Waals surface area contributed by atoms with Crippen LogP contribution in [-0.4, -0.2) is 19.0 Å². The first kappa shape index (κ1) is 15.5. The Morgan fingerprint density at radius 3 is 2.60 bits per heavy atom. The summed E-state index contributed by atoms with van der Waals surface area (Å²) in [5.41, 5.74) is 4.05. The van der Waals surface area contributed by atoms with E-state index in [0.717, 1.165) is 19.4 Å². The number of rotatable bonds is 4. The minimum atomic E-state index is -0.0414. The third-order valence-electron chi connectivity index (χ3n) is 4.64. The predicted octanol–water partition coefficient (Wildman–Crippen LogP) is 4.27. The van der Waals surface area contributed by atoms with E-state index in [4.69, 9.17) is 9.47 Å². The molecule has 4 atom stereocenters. The van der Waals surface area contributed by atoms with Gasteiger partial charge in [0.05, 0.1) is 12.7 Å². The Morgan fingerprint density at radius 1 is 1.15 bits per heavy atom. The van der Waals surface area contributed by atoms with E-state index < -0.39 is 0 Å². The molecule has 0 spiro atoms. The molecule has 3 unspecified atom stereocenters. The zero-order chi connectivity index (χ0) is 14.7. The Morgan fingerprint density at radius 2 is 1.90 bits per heavy atom. The standard InChI is InChI=1S/C18H28O2/c1-12-6-7-17(11-13(12)2)8-9-19-18-16(5)14(3)10-15(4)20-18/h6-7,11,14-16,18H,8-10H2,1-5H3/t14?,15?,16-,18?/m1/s1. The van der Waals surface area contributed by atoms with Crippen LogP contribution in [-0.2, 0) is 15.9 Å². The molecule has 0 bridgehead atoms. The zero-order valence-electron chi connectivity index (χ0n) is 13.5. The first-order chi connectivity index (χ1) is 9.47. The van der Waals surface area contributed by atoms with E-state index in [1.807, 2.05) is 0 Å². The lowest BCUT2D eigenvalue weighted by atomic mass is 9.88. The summed E-state index contributed by atoms with van der Waals surface area (Å²) in [5.74, 6) is 1.15. The van der Waals surface area contributed by atoms with Gasteiger partial charge in [0.25, 0.3) is 0 Å². The van der Waals surface area contributed by atoms with Crippen LogP contribution in [0.4, 0.5) is 0 Å². The summed E-state index contributed by atoms with van der Waals surface area (Å²) in [5, 5.41) is 0. The molecular weight excluding hydrogens is 248 g/mol. The van der Waals surface area contributed by atoms with E-state index in [9.17, 15) is 0 Å². The Balaban J connectivity index is 1.84. The fraction of sp³-hybridized carbons (Fsp3) is 0.667. The molecule has 1 fully saturated rings. The summed E-state index contributed by atoms with van der Waals surface area (Å²) < 4.78 is 11.9. The fourth-order valence-corrected chi connectivity index (χ4v) is 2.86. The minimum Gasteiger partial charge on any atom is -0.352 e. The maximum atomic E-state index is 5.99. The molecule has 1 aliphatic rings. The lowest BCUT2D eigenvalue weighted by Crippen LogP contribution is -2.39. The van der Waals surface area contributed by atoms with Crippen LogP contribution in [0.25, 0.3) is 0 Å². The monoisotopic (exact) mass is 276 g/mol. The second-order valence-electron chi connectivity index (χ2n) is 6.43. The summed E-state index contributed by atoms with van der Waals surface area (Å²) in [6.07, 6.45) is 2.36. The van der Waals surface area contributed by atoms with Gasteiger partial charge in [-0.2, -0.15) is 0 Å². The largest absolute Gasteiger partial charge is 0.352 e. The first-order valence-electron chi connectivity index (χ1n) is 7.80. The molecule has 2 nitrogen and oxygen atoms in total. The van der Waals surface area contributed by atoms with Crippen LogP contribution in [0.1, 0.15) is 43.9 Å². The van der Waals surface area contributed by atoms with Crippen LogP contribution < -0.4 is 0 Å². The van der Waals surface area contributed by atoms with Crippen molar-refractivity contribution < 1.29 is 9.47 Å². The van der Waals surface area contributed by atoms with Gasteiger partial charge in [-0.25, -0.2) is 0 Å². The Hall–Kier alpha value is -0.860. The average Bonchev–Trinajstić information content (AvgIpc) is 2.39. The summed E-state index contributed by atoms with van der Waals surface area (Å²) >= 11 is 0. The van der Waals surface area contributed by atoms with Crippen LogP contribution in [0.15, 0.2) is 18.2 Å². The van der Waals surface area contributed by atoms with E-state index in [1.54, 1.807) is 0 Å². The van der Waals surface area contributed by atoms with Gasteiger partial charge in [0.1, 0.15) is 0 Å². The normalized spacial score (nSPS) is 30.4. The number of hydrogen-bond acceptors (Lipinski definition) is 2. The van der Waals surface area contributed by atoms with Crippen LogP contribution in [0.3, 0.4) is 0 Å². The quantitative estimate of drug-likeness (QED) is 0.817. The van der Waals surface area contributed by atoms with E-state index in [2.05, 4.69) is 52.8 Å². The van der Waals surface area contributed by atoms with E-state index in [0.29, 0.717) is 17.9 Å². The lowest BCUT2D eigenvalue weighted by molar-refractivity contribution is -0.226. The van der Waals surface area contributed by atoms with Crippen molar-refractivity contribution in [3.05, 3.63) is 34.9 Å². The molecule has 0 radical (unpaired) electrons. The van der Waals surface area contributed by atoms with Crippen LogP contribution >= 0.6 is 0 Å². The van der Waals surface area contributed by atoms with Gasteiger partial charge in [0.15, 0.2) is 6.29 Å². The second-order valence-corrected chi connectivity index (χ2v) is 6.43. The lowest BCUT2D eigenvalue weighted by Gasteiger charge is -2.37. The molecule has 0 amide bonds. The van der Waals surface area contributed by atoms with Gasteiger partial charge in [0, 0.05) is 5.92 Å². The molecule has 0 N–H and O–H groups in total. The molecule has 0 aromatic heterocycles. The first-order valence-corrected chi connectivity index (χ1v) is 7.80. The topological polar surface area (TPSA) is 18.5 Å². The molecule has 2 rings (SSSR count). The molecule has 2 heteroatoms. The molecular formula is C18H28O2. The molecule has 20 heavy (non-hydrogen) atoms. The second kappa shape index (κ2) is 6.73. The maximum absolute atomic E-state index is 5.99. The van der Waals surface area contributed by atoms with Gasteiger partial charge in [0.2, 0.25) is 0 Å². The fourth-order valence-electron chi connectivity index (χ4n) is 2.86. The highest BCUT2D eigenvalue weighted by molar-refractivity contribution is 5.29. The number of benzene rings is 1. The van der Waals surface area contributed by atoms with Gasteiger partial charge in [-0.05, 0) is 56.2 Å². The number of aryl methyl sites for hydroxylation is 2. The molecule has 0 saturated carbocycles. The van der Waals surface area contributed by atoms with E-state index >= 15 is 0 Å². The predicted molar refractivity (Wildman–Crippen MR) is 82.9 cm³/mol.